The van der Waals surface area contributed by atoms with E-state index in [1.807, 2.05) is 6.20 Å². The van der Waals surface area contributed by atoms with Crippen LogP contribution in [0, 0.1) is 12.7 Å². The zero-order valence-corrected chi connectivity index (χ0v) is 15.6. The van der Waals surface area contributed by atoms with Crippen molar-refractivity contribution >= 4 is 11.8 Å². The molecule has 0 aliphatic carbocycles. The quantitative estimate of drug-likeness (QED) is 0.664. The van der Waals surface area contributed by atoms with Crippen LogP contribution in [0.1, 0.15) is 12.5 Å². The fraction of sp³-hybridized carbons (Fsp3) is 0.158. The van der Waals surface area contributed by atoms with E-state index in [0.717, 1.165) is 5.56 Å². The van der Waals surface area contributed by atoms with Gasteiger partial charge in [-0.3, -0.25) is 10.00 Å². The van der Waals surface area contributed by atoms with Gasteiger partial charge in [0.15, 0.2) is 0 Å². The molecule has 0 saturated carbocycles. The highest BCUT2D eigenvalue weighted by Crippen LogP contribution is 2.29. The predicted octanol–water partition coefficient (Wildman–Crippen LogP) is 4.20. The third-order valence-electron chi connectivity index (χ3n) is 3.60. The molecule has 0 spiro atoms. The first-order valence-corrected chi connectivity index (χ1v) is 8.26. The number of rotatable bonds is 5. The third-order valence-corrected chi connectivity index (χ3v) is 3.60. The van der Waals surface area contributed by atoms with Crippen molar-refractivity contribution in [3.8, 4) is 23.0 Å². The number of halogens is 1. The number of amides is 1. The number of aromatic nitrogens is 4. The number of ether oxygens (including phenoxy) is 2. The molecule has 0 fully saturated rings. The van der Waals surface area contributed by atoms with Gasteiger partial charge in [-0.2, -0.15) is 10.1 Å². The van der Waals surface area contributed by atoms with E-state index >= 15 is 0 Å². The number of nitrogens with one attached hydrogen (secondary N) is 1. The number of anilines is 1. The molecule has 3 rings (SSSR count). The van der Waals surface area contributed by atoms with Crippen molar-refractivity contribution in [3.05, 3.63) is 60.5 Å². The zero-order chi connectivity index (χ0) is 20.3. The Bertz CT molecular complexity index is 1050. The van der Waals surface area contributed by atoms with Crippen LogP contribution in [0.2, 0.25) is 0 Å². The number of carbonyl (C=O) groups excluding carboxylic acids is 1. The predicted molar refractivity (Wildman–Crippen MR) is 100 cm³/mol. The molecular weight excluding hydrogens is 365 g/mol. The summed E-state index contributed by atoms with van der Waals surface area (Å²) in [5, 5.41) is 6.41. The van der Waals surface area contributed by atoms with Crippen LogP contribution in [0.4, 0.5) is 14.9 Å². The van der Waals surface area contributed by atoms with Crippen LogP contribution < -0.4 is 10.1 Å². The van der Waals surface area contributed by atoms with E-state index in [2.05, 4.69) is 27.0 Å². The van der Waals surface area contributed by atoms with Gasteiger partial charge in [0.2, 0.25) is 0 Å². The van der Waals surface area contributed by atoms with Crippen LogP contribution in [0.15, 0.2) is 49.1 Å². The van der Waals surface area contributed by atoms with Crippen molar-refractivity contribution in [1.29, 1.82) is 0 Å². The van der Waals surface area contributed by atoms with Gasteiger partial charge in [0.1, 0.15) is 11.6 Å². The first-order chi connectivity index (χ1) is 13.3. The molecule has 2 aromatic heterocycles. The van der Waals surface area contributed by atoms with Gasteiger partial charge in [-0.1, -0.05) is 6.58 Å². The van der Waals surface area contributed by atoms with Crippen LogP contribution in [0.3, 0.4) is 0 Å². The maximum absolute atomic E-state index is 14.2. The minimum Gasteiger partial charge on any atom is -0.424 e. The van der Waals surface area contributed by atoms with E-state index in [-0.39, 0.29) is 23.2 Å². The molecule has 1 amide bonds. The molecule has 0 bridgehead atoms. The number of allylic oxidation sites excluding steroid dienone is 1. The van der Waals surface area contributed by atoms with Crippen molar-refractivity contribution in [1.82, 2.24) is 19.7 Å². The highest BCUT2D eigenvalue weighted by Gasteiger charge is 2.14. The lowest BCUT2D eigenvalue weighted by molar-refractivity contribution is 0.192. The van der Waals surface area contributed by atoms with Crippen LogP contribution in [0.25, 0.3) is 11.3 Å². The van der Waals surface area contributed by atoms with Gasteiger partial charge in [-0.25, -0.2) is 14.2 Å². The van der Waals surface area contributed by atoms with Crippen LogP contribution in [-0.2, 0) is 11.8 Å². The van der Waals surface area contributed by atoms with E-state index < -0.39 is 11.9 Å². The Balaban J connectivity index is 1.85. The van der Waals surface area contributed by atoms with Gasteiger partial charge in [0.25, 0.3) is 0 Å². The summed E-state index contributed by atoms with van der Waals surface area (Å²) in [7, 11) is 1.80. The maximum Gasteiger partial charge on any atom is 0.416 e. The largest absolute Gasteiger partial charge is 0.424 e. The smallest absolute Gasteiger partial charge is 0.416 e. The number of hydrogen-bond donors (Lipinski definition) is 1. The zero-order valence-electron chi connectivity index (χ0n) is 15.6. The Hall–Kier alpha value is -3.75. The average molecular weight is 383 g/mol. The summed E-state index contributed by atoms with van der Waals surface area (Å²) in [5.41, 5.74) is 1.83. The molecule has 0 unspecified atom stereocenters. The van der Waals surface area contributed by atoms with E-state index in [9.17, 15) is 9.18 Å². The fourth-order valence-corrected chi connectivity index (χ4v) is 2.35. The van der Waals surface area contributed by atoms with Gasteiger partial charge >= 0.3 is 12.1 Å². The second kappa shape index (κ2) is 7.87. The molecule has 0 aliphatic heterocycles. The molecule has 0 atom stereocenters. The molecule has 0 saturated heterocycles. The summed E-state index contributed by atoms with van der Waals surface area (Å²) < 4.78 is 26.3. The number of aryl methyl sites for hydroxylation is 2. The molecule has 1 aromatic carbocycles. The SMILES string of the molecule is C=C(C)OC(=O)Nc1cc(Oc2nccc(-c3cnn(C)c3)n2)c(C)cc1F. The van der Waals surface area contributed by atoms with Crippen LogP contribution >= 0.6 is 0 Å². The van der Waals surface area contributed by atoms with Crippen LogP contribution in [0.5, 0.6) is 11.8 Å². The summed E-state index contributed by atoms with van der Waals surface area (Å²) >= 11 is 0. The van der Waals surface area contributed by atoms with E-state index in [1.165, 1.54) is 19.1 Å². The summed E-state index contributed by atoms with van der Waals surface area (Å²) in [6.45, 7) is 6.63. The second-order valence-corrected chi connectivity index (χ2v) is 6.04. The summed E-state index contributed by atoms with van der Waals surface area (Å²) in [4.78, 5) is 20.1. The van der Waals surface area contributed by atoms with Crippen molar-refractivity contribution < 1.29 is 18.7 Å². The van der Waals surface area contributed by atoms with Crippen molar-refractivity contribution in [2.75, 3.05) is 5.32 Å². The molecule has 0 radical (unpaired) electrons. The lowest BCUT2D eigenvalue weighted by atomic mass is 10.2. The van der Waals surface area contributed by atoms with Crippen LogP contribution in [-0.4, -0.2) is 25.8 Å². The Morgan fingerprint density at radius 3 is 2.82 bits per heavy atom. The average Bonchev–Trinajstić information content (AvgIpc) is 3.05. The molecule has 28 heavy (non-hydrogen) atoms. The normalized spacial score (nSPS) is 10.4. The highest BCUT2D eigenvalue weighted by atomic mass is 19.1. The Kier molecular flexibility index (Phi) is 5.35. The fourth-order valence-electron chi connectivity index (χ4n) is 2.35. The molecule has 3 aromatic rings. The molecule has 8 nitrogen and oxygen atoms in total. The molecule has 9 heteroatoms. The van der Waals surface area contributed by atoms with Gasteiger partial charge < -0.3 is 9.47 Å². The molecule has 2 heterocycles. The topological polar surface area (TPSA) is 91.2 Å². The Morgan fingerprint density at radius 2 is 2.14 bits per heavy atom. The molecular formula is C19H18FN5O3. The second-order valence-electron chi connectivity index (χ2n) is 6.04. The summed E-state index contributed by atoms with van der Waals surface area (Å²) in [5.74, 6) is -0.161. The Morgan fingerprint density at radius 1 is 1.36 bits per heavy atom. The van der Waals surface area contributed by atoms with E-state index in [4.69, 9.17) is 9.47 Å². The highest BCUT2D eigenvalue weighted by molar-refractivity contribution is 5.85. The van der Waals surface area contributed by atoms with Crippen molar-refractivity contribution in [2.24, 2.45) is 7.05 Å². The minimum absolute atomic E-state index is 0.0755. The molecule has 144 valence electrons. The number of carbonyl (C=O) groups is 1. The molecule has 1 N–H and O–H groups in total. The number of benzene rings is 1. The third kappa shape index (κ3) is 4.50. The summed E-state index contributed by atoms with van der Waals surface area (Å²) in [6.07, 6.45) is 4.18. The van der Waals surface area contributed by atoms with E-state index in [1.54, 1.807) is 37.1 Å². The lowest BCUT2D eigenvalue weighted by Crippen LogP contribution is -2.13. The van der Waals surface area contributed by atoms with E-state index in [0.29, 0.717) is 11.3 Å². The minimum atomic E-state index is -0.851. The number of hydrogen-bond acceptors (Lipinski definition) is 6. The standard InChI is InChI=1S/C19H18FN5O3/c1-11(2)27-19(26)24-16-8-17(12(3)7-14(16)20)28-18-21-6-5-15(23-18)13-9-22-25(4)10-13/h5-10H,1H2,2-4H3,(H,24,26). The molecule has 0 aliphatic rings. The maximum atomic E-state index is 14.2. The first-order valence-electron chi connectivity index (χ1n) is 8.26. The van der Waals surface area contributed by atoms with Gasteiger partial charge in [-0.05, 0) is 31.5 Å². The van der Waals surface area contributed by atoms with Crippen molar-refractivity contribution in [2.45, 2.75) is 13.8 Å². The van der Waals surface area contributed by atoms with Crippen molar-refractivity contribution in [3.63, 3.8) is 0 Å². The monoisotopic (exact) mass is 383 g/mol. The first kappa shape index (κ1) is 19.0. The summed E-state index contributed by atoms with van der Waals surface area (Å²) in [6, 6.07) is 4.37. The van der Waals surface area contributed by atoms with Gasteiger partial charge in [0, 0.05) is 31.1 Å². The lowest BCUT2D eigenvalue weighted by Gasteiger charge is -2.12. The van der Waals surface area contributed by atoms with Gasteiger partial charge in [-0.15, -0.1) is 0 Å². The van der Waals surface area contributed by atoms with Gasteiger partial charge in [0.05, 0.1) is 23.3 Å². The number of nitrogens with zero attached hydrogens (tertiary/aromatic N) is 4. The Labute approximate surface area is 160 Å².